The van der Waals surface area contributed by atoms with Gasteiger partial charge in [0.05, 0.1) is 0 Å². The van der Waals surface area contributed by atoms with Gasteiger partial charge in [0.2, 0.25) is 0 Å². The quantitative estimate of drug-likeness (QED) is 0.679. The predicted octanol–water partition coefficient (Wildman–Crippen LogP) is 1.60. The van der Waals surface area contributed by atoms with E-state index < -0.39 is 0 Å². The molecule has 0 aromatic heterocycles. The Morgan fingerprint density at radius 2 is 2.17 bits per heavy atom. The van der Waals surface area contributed by atoms with E-state index in [2.05, 4.69) is 18.7 Å². The van der Waals surface area contributed by atoms with Crippen molar-refractivity contribution in [1.82, 2.24) is 4.90 Å². The van der Waals surface area contributed by atoms with Crippen LogP contribution in [0.1, 0.15) is 39.5 Å². The van der Waals surface area contributed by atoms with E-state index in [1.54, 1.807) is 0 Å². The molecule has 2 heteroatoms. The molecule has 0 heterocycles. The lowest BCUT2D eigenvalue weighted by Crippen LogP contribution is -2.47. The third kappa shape index (κ3) is 2.20. The molecule has 0 aromatic carbocycles. The van der Waals surface area contributed by atoms with Crippen molar-refractivity contribution in [2.75, 3.05) is 13.1 Å². The number of nitrogens with two attached hydrogens (primary N) is 1. The van der Waals surface area contributed by atoms with Crippen LogP contribution in [0, 0.1) is 0 Å². The van der Waals surface area contributed by atoms with Gasteiger partial charge in [0, 0.05) is 25.2 Å². The first-order valence-corrected chi connectivity index (χ1v) is 5.25. The number of nitrogens with zero attached hydrogens (tertiary/aromatic N) is 1. The van der Waals surface area contributed by atoms with Gasteiger partial charge < -0.3 is 5.73 Å². The topological polar surface area (TPSA) is 29.3 Å². The van der Waals surface area contributed by atoms with Gasteiger partial charge in [-0.3, -0.25) is 4.90 Å². The van der Waals surface area contributed by atoms with Crippen molar-refractivity contribution < 1.29 is 0 Å². The highest BCUT2D eigenvalue weighted by Gasteiger charge is 2.26. The lowest BCUT2D eigenvalue weighted by molar-refractivity contribution is 0.0883. The van der Waals surface area contributed by atoms with E-state index in [1.807, 2.05) is 0 Å². The van der Waals surface area contributed by atoms with Crippen LogP contribution in [0.25, 0.3) is 0 Å². The Labute approximate surface area is 76.1 Å². The van der Waals surface area contributed by atoms with Crippen LogP contribution < -0.4 is 5.73 Å². The zero-order valence-corrected chi connectivity index (χ0v) is 8.42. The molecular formula is C10H22N2. The maximum atomic E-state index is 5.60. The third-order valence-electron chi connectivity index (χ3n) is 3.09. The zero-order valence-electron chi connectivity index (χ0n) is 8.42. The van der Waals surface area contributed by atoms with E-state index in [-0.39, 0.29) is 0 Å². The molecule has 1 saturated carbocycles. The van der Waals surface area contributed by atoms with Crippen LogP contribution in [0.2, 0.25) is 0 Å². The first-order chi connectivity index (χ1) is 5.79. The Kier molecular flexibility index (Phi) is 4.02. The van der Waals surface area contributed by atoms with Gasteiger partial charge in [-0.1, -0.05) is 13.3 Å². The minimum atomic E-state index is 0.721. The summed E-state index contributed by atoms with van der Waals surface area (Å²) in [5.74, 6) is 0. The maximum Gasteiger partial charge on any atom is 0.0110 e. The van der Waals surface area contributed by atoms with Crippen molar-refractivity contribution in [3.8, 4) is 0 Å². The molecule has 2 N–H and O–H groups in total. The summed E-state index contributed by atoms with van der Waals surface area (Å²) in [5.41, 5.74) is 5.60. The molecule has 0 amide bonds. The normalized spacial score (nSPS) is 21.0. The standard InChI is InChI=1S/C10H22N2/c1-3-9(2)12(8-7-11)10-5-4-6-10/h9-10H,3-8,11H2,1-2H3. The molecule has 72 valence electrons. The average Bonchev–Trinajstić information content (AvgIpc) is 1.99. The number of hydrogen-bond acceptors (Lipinski definition) is 2. The lowest BCUT2D eigenvalue weighted by atomic mass is 9.90. The minimum absolute atomic E-state index is 0.721. The summed E-state index contributed by atoms with van der Waals surface area (Å²) in [6.07, 6.45) is 5.45. The second-order valence-electron chi connectivity index (χ2n) is 3.87. The van der Waals surface area contributed by atoms with Crippen LogP contribution in [0.3, 0.4) is 0 Å². The van der Waals surface area contributed by atoms with Gasteiger partial charge in [0.1, 0.15) is 0 Å². The summed E-state index contributed by atoms with van der Waals surface area (Å²) in [6, 6.07) is 1.57. The Morgan fingerprint density at radius 1 is 1.50 bits per heavy atom. The highest BCUT2D eigenvalue weighted by molar-refractivity contribution is 4.82. The fraction of sp³-hybridized carbons (Fsp3) is 1.00. The van der Waals surface area contributed by atoms with Crippen LogP contribution in [-0.2, 0) is 0 Å². The highest BCUT2D eigenvalue weighted by Crippen LogP contribution is 2.26. The SMILES string of the molecule is CCC(C)N(CCN)C1CCC1. The van der Waals surface area contributed by atoms with E-state index in [0.29, 0.717) is 0 Å². The molecule has 1 fully saturated rings. The molecule has 0 aliphatic heterocycles. The summed E-state index contributed by atoms with van der Waals surface area (Å²) in [7, 11) is 0. The van der Waals surface area contributed by atoms with Crippen LogP contribution in [-0.4, -0.2) is 30.1 Å². The van der Waals surface area contributed by atoms with E-state index >= 15 is 0 Å². The summed E-state index contributed by atoms with van der Waals surface area (Å²) < 4.78 is 0. The van der Waals surface area contributed by atoms with E-state index in [1.165, 1.54) is 25.7 Å². The van der Waals surface area contributed by atoms with E-state index in [9.17, 15) is 0 Å². The summed E-state index contributed by atoms with van der Waals surface area (Å²) in [6.45, 7) is 6.46. The molecule has 0 spiro atoms. The number of hydrogen-bond donors (Lipinski definition) is 1. The fourth-order valence-corrected chi connectivity index (χ4v) is 1.86. The molecule has 12 heavy (non-hydrogen) atoms. The van der Waals surface area contributed by atoms with Gasteiger partial charge in [0.25, 0.3) is 0 Å². The van der Waals surface area contributed by atoms with Crippen molar-refractivity contribution in [2.24, 2.45) is 5.73 Å². The van der Waals surface area contributed by atoms with Crippen LogP contribution in [0.5, 0.6) is 0 Å². The second-order valence-corrected chi connectivity index (χ2v) is 3.87. The molecule has 2 nitrogen and oxygen atoms in total. The number of rotatable bonds is 5. The Balaban J connectivity index is 2.35. The van der Waals surface area contributed by atoms with E-state index in [4.69, 9.17) is 5.73 Å². The first kappa shape index (κ1) is 10.0. The molecule has 1 unspecified atom stereocenters. The Morgan fingerprint density at radius 3 is 2.50 bits per heavy atom. The molecule has 0 radical (unpaired) electrons. The molecule has 1 aliphatic rings. The van der Waals surface area contributed by atoms with Crippen molar-refractivity contribution in [2.45, 2.75) is 51.6 Å². The molecule has 1 rings (SSSR count). The molecule has 0 bridgehead atoms. The van der Waals surface area contributed by atoms with Crippen molar-refractivity contribution in [3.63, 3.8) is 0 Å². The highest BCUT2D eigenvalue weighted by atomic mass is 15.2. The smallest absolute Gasteiger partial charge is 0.0110 e. The summed E-state index contributed by atoms with van der Waals surface area (Å²) in [4.78, 5) is 2.59. The van der Waals surface area contributed by atoms with Gasteiger partial charge in [-0.25, -0.2) is 0 Å². The van der Waals surface area contributed by atoms with Crippen LogP contribution in [0.4, 0.5) is 0 Å². The van der Waals surface area contributed by atoms with Gasteiger partial charge in [-0.2, -0.15) is 0 Å². The first-order valence-electron chi connectivity index (χ1n) is 5.25. The summed E-state index contributed by atoms with van der Waals surface area (Å²) >= 11 is 0. The van der Waals surface area contributed by atoms with Gasteiger partial charge >= 0.3 is 0 Å². The molecule has 1 aliphatic carbocycles. The average molecular weight is 170 g/mol. The molecule has 0 aromatic rings. The van der Waals surface area contributed by atoms with Crippen LogP contribution in [0.15, 0.2) is 0 Å². The van der Waals surface area contributed by atoms with Gasteiger partial charge in [-0.05, 0) is 26.2 Å². The minimum Gasteiger partial charge on any atom is -0.329 e. The van der Waals surface area contributed by atoms with Crippen molar-refractivity contribution in [3.05, 3.63) is 0 Å². The van der Waals surface area contributed by atoms with Crippen molar-refractivity contribution >= 4 is 0 Å². The second kappa shape index (κ2) is 4.83. The van der Waals surface area contributed by atoms with E-state index in [0.717, 1.165) is 25.2 Å². The van der Waals surface area contributed by atoms with Crippen LogP contribution >= 0.6 is 0 Å². The zero-order chi connectivity index (χ0) is 8.97. The lowest BCUT2D eigenvalue weighted by Gasteiger charge is -2.41. The monoisotopic (exact) mass is 170 g/mol. The third-order valence-corrected chi connectivity index (χ3v) is 3.09. The molecular weight excluding hydrogens is 148 g/mol. The molecule has 0 saturated heterocycles. The van der Waals surface area contributed by atoms with Crippen molar-refractivity contribution in [1.29, 1.82) is 0 Å². The summed E-state index contributed by atoms with van der Waals surface area (Å²) in [5, 5.41) is 0. The van der Waals surface area contributed by atoms with Gasteiger partial charge in [0.15, 0.2) is 0 Å². The Hall–Kier alpha value is -0.0800. The predicted molar refractivity (Wildman–Crippen MR) is 53.2 cm³/mol. The Bertz CT molecular complexity index is 116. The van der Waals surface area contributed by atoms with Gasteiger partial charge in [-0.15, -0.1) is 0 Å². The fourth-order valence-electron chi connectivity index (χ4n) is 1.86. The maximum absolute atomic E-state index is 5.60. The largest absolute Gasteiger partial charge is 0.329 e. The molecule has 1 atom stereocenters.